The Morgan fingerprint density at radius 3 is 2.29 bits per heavy atom. The van der Waals surface area contributed by atoms with E-state index in [4.69, 9.17) is 4.74 Å². The van der Waals surface area contributed by atoms with E-state index in [9.17, 15) is 23.1 Å². The Balaban J connectivity index is 1.67. The minimum absolute atomic E-state index is 0.305. The average Bonchev–Trinajstić information content (AvgIpc) is 3.05. The first kappa shape index (κ1) is 14.8. The summed E-state index contributed by atoms with van der Waals surface area (Å²) in [6.45, 7) is 0. The number of rotatable bonds is 1. The number of hydrogen-bond acceptors (Lipinski definition) is 3. The molecule has 6 heteroatoms. The van der Waals surface area contributed by atoms with Crippen molar-refractivity contribution in [2.75, 3.05) is 0 Å². The van der Waals surface area contributed by atoms with Gasteiger partial charge in [0.25, 0.3) is 0 Å². The number of aryl methyl sites for hydroxylation is 2. The molecule has 0 saturated heterocycles. The lowest BCUT2D eigenvalue weighted by molar-refractivity contribution is -0.215. The number of aliphatic hydroxyl groups is 1. The van der Waals surface area contributed by atoms with E-state index in [2.05, 4.69) is 12.1 Å². The number of aliphatic hydroxyl groups excluding tert-OH is 1. The van der Waals surface area contributed by atoms with Gasteiger partial charge in [0.1, 0.15) is 6.10 Å². The normalized spacial score (nSPS) is 38.3. The third-order valence-corrected chi connectivity index (χ3v) is 6.90. The maximum Gasteiger partial charge on any atom is 0.490 e. The van der Waals surface area contributed by atoms with Crippen LogP contribution in [0.4, 0.5) is 13.2 Å². The smallest absolute Gasteiger partial charge is 0.455 e. The third kappa shape index (κ3) is 1.51. The van der Waals surface area contributed by atoms with Crippen LogP contribution < -0.4 is 0 Å². The number of benzene rings is 1. The number of fused-ring (bicyclic) bond motifs is 2. The van der Waals surface area contributed by atoms with Gasteiger partial charge in [-0.25, -0.2) is 4.79 Å². The molecule has 0 amide bonds. The molecule has 1 aromatic rings. The molecule has 128 valence electrons. The van der Waals surface area contributed by atoms with Crippen LogP contribution in [-0.4, -0.2) is 29.5 Å². The monoisotopic (exact) mass is 338 g/mol. The van der Waals surface area contributed by atoms with Crippen molar-refractivity contribution in [2.24, 2.45) is 0 Å². The van der Waals surface area contributed by atoms with Crippen LogP contribution in [-0.2, 0) is 33.2 Å². The van der Waals surface area contributed by atoms with Gasteiger partial charge in [-0.15, -0.1) is 0 Å². The molecule has 1 saturated carbocycles. The SMILES string of the molecule is O=C(OC1C[C@]23CCc4ccc5c(c42)[C@@]1(CC5)CC3O)C(F)(F)F. The second-order valence-electron chi connectivity index (χ2n) is 7.76. The van der Waals surface area contributed by atoms with Crippen molar-refractivity contribution in [1.82, 2.24) is 0 Å². The summed E-state index contributed by atoms with van der Waals surface area (Å²) in [7, 11) is 0. The highest BCUT2D eigenvalue weighted by molar-refractivity contribution is 5.76. The fourth-order valence-electron chi connectivity index (χ4n) is 5.96. The van der Waals surface area contributed by atoms with E-state index in [0.29, 0.717) is 19.3 Å². The Hall–Kier alpha value is -1.56. The minimum Gasteiger partial charge on any atom is -0.455 e. The summed E-state index contributed by atoms with van der Waals surface area (Å²) >= 11 is 0. The van der Waals surface area contributed by atoms with Crippen molar-refractivity contribution in [3.05, 3.63) is 34.4 Å². The standard InChI is InChI=1S/C18H17F3O3/c19-18(20,21)15(23)24-12-8-16-5-3-9-1-2-10-4-6-17(12,7-11(16)22)14(10)13(9)16/h1-2,11-12,22H,3-8H2/t11?,12?,16-,17-/m0/s1. The lowest BCUT2D eigenvalue weighted by Crippen LogP contribution is -2.62. The zero-order valence-corrected chi connectivity index (χ0v) is 12.9. The average molecular weight is 338 g/mol. The second kappa shape index (κ2) is 4.15. The van der Waals surface area contributed by atoms with Gasteiger partial charge in [0.2, 0.25) is 0 Å². The Morgan fingerprint density at radius 2 is 1.67 bits per heavy atom. The maximum atomic E-state index is 12.7. The predicted molar refractivity (Wildman–Crippen MR) is 77.6 cm³/mol. The van der Waals surface area contributed by atoms with Crippen molar-refractivity contribution < 1.29 is 27.8 Å². The van der Waals surface area contributed by atoms with Crippen LogP contribution in [0.15, 0.2) is 12.1 Å². The molecule has 1 fully saturated rings. The molecule has 5 aliphatic rings. The topological polar surface area (TPSA) is 46.5 Å². The zero-order chi connectivity index (χ0) is 16.9. The molecule has 6 rings (SSSR count). The molecule has 3 nitrogen and oxygen atoms in total. The van der Waals surface area contributed by atoms with E-state index in [1.807, 2.05) is 0 Å². The number of ether oxygens (including phenoxy) is 1. The summed E-state index contributed by atoms with van der Waals surface area (Å²) in [6.07, 6.45) is -2.69. The summed E-state index contributed by atoms with van der Waals surface area (Å²) in [5.41, 5.74) is 3.43. The molecule has 0 radical (unpaired) electrons. The number of carbonyl (C=O) groups is 1. The highest BCUT2D eigenvalue weighted by Gasteiger charge is 2.67. The van der Waals surface area contributed by atoms with Crippen LogP contribution in [0.2, 0.25) is 0 Å². The molecule has 2 spiro atoms. The Morgan fingerprint density at radius 1 is 1.08 bits per heavy atom. The summed E-state index contributed by atoms with van der Waals surface area (Å²) in [4.78, 5) is 11.5. The Bertz CT molecular complexity index is 772. The predicted octanol–water partition coefficient (Wildman–Crippen LogP) is 2.70. The van der Waals surface area contributed by atoms with Gasteiger partial charge in [0.05, 0.1) is 6.10 Å². The summed E-state index contributed by atoms with van der Waals surface area (Å²) in [6, 6.07) is 4.17. The first-order chi connectivity index (χ1) is 11.3. The number of halogens is 3. The first-order valence-electron chi connectivity index (χ1n) is 8.39. The molecule has 0 heterocycles. The quantitative estimate of drug-likeness (QED) is 0.801. The summed E-state index contributed by atoms with van der Waals surface area (Å²) < 4.78 is 43.2. The third-order valence-electron chi connectivity index (χ3n) is 6.90. The van der Waals surface area contributed by atoms with Crippen LogP contribution in [0.5, 0.6) is 0 Å². The maximum absolute atomic E-state index is 12.7. The first-order valence-corrected chi connectivity index (χ1v) is 8.39. The molecule has 0 aromatic heterocycles. The molecule has 5 aliphatic carbocycles. The van der Waals surface area contributed by atoms with Crippen LogP contribution in [0.25, 0.3) is 0 Å². The number of hydrogen-bond donors (Lipinski definition) is 1. The van der Waals surface area contributed by atoms with Crippen molar-refractivity contribution in [3.8, 4) is 0 Å². The second-order valence-corrected chi connectivity index (χ2v) is 7.76. The van der Waals surface area contributed by atoms with E-state index in [1.165, 1.54) is 5.56 Å². The molecule has 0 aliphatic heterocycles. The van der Waals surface area contributed by atoms with Gasteiger partial charge in [0, 0.05) is 10.8 Å². The van der Waals surface area contributed by atoms with Gasteiger partial charge in [-0.2, -0.15) is 13.2 Å². The van der Waals surface area contributed by atoms with Crippen molar-refractivity contribution in [2.45, 2.75) is 67.7 Å². The fraction of sp³-hybridized carbons (Fsp3) is 0.611. The summed E-state index contributed by atoms with van der Waals surface area (Å²) in [5, 5.41) is 10.8. The zero-order valence-electron chi connectivity index (χ0n) is 12.9. The van der Waals surface area contributed by atoms with E-state index in [1.54, 1.807) is 0 Å². The number of alkyl halides is 3. The van der Waals surface area contributed by atoms with E-state index < -0.39 is 35.2 Å². The largest absolute Gasteiger partial charge is 0.490 e. The van der Waals surface area contributed by atoms with Crippen LogP contribution >= 0.6 is 0 Å². The van der Waals surface area contributed by atoms with Crippen LogP contribution in [0.3, 0.4) is 0 Å². The number of carbonyl (C=O) groups excluding carboxylic acids is 1. The van der Waals surface area contributed by atoms with Gasteiger partial charge in [-0.05, 0) is 60.8 Å². The molecule has 24 heavy (non-hydrogen) atoms. The van der Waals surface area contributed by atoms with Gasteiger partial charge < -0.3 is 9.84 Å². The summed E-state index contributed by atoms with van der Waals surface area (Å²) in [5.74, 6) is -2.11. The van der Waals surface area contributed by atoms with Gasteiger partial charge in [0.15, 0.2) is 0 Å². The lowest BCUT2D eigenvalue weighted by Gasteiger charge is -2.57. The Kier molecular flexibility index (Phi) is 2.55. The van der Waals surface area contributed by atoms with E-state index in [-0.39, 0.29) is 0 Å². The molecule has 1 aromatic carbocycles. The minimum atomic E-state index is -4.98. The van der Waals surface area contributed by atoms with Gasteiger partial charge in [-0.1, -0.05) is 12.1 Å². The highest BCUT2D eigenvalue weighted by atomic mass is 19.4. The molecule has 1 N–H and O–H groups in total. The van der Waals surface area contributed by atoms with Gasteiger partial charge >= 0.3 is 12.1 Å². The van der Waals surface area contributed by atoms with Crippen molar-refractivity contribution in [3.63, 3.8) is 0 Å². The van der Waals surface area contributed by atoms with Crippen LogP contribution in [0, 0.1) is 0 Å². The molecule has 2 bridgehead atoms. The highest BCUT2D eigenvalue weighted by Crippen LogP contribution is 2.66. The fourth-order valence-corrected chi connectivity index (χ4v) is 5.96. The molecular weight excluding hydrogens is 321 g/mol. The van der Waals surface area contributed by atoms with E-state index in [0.717, 1.165) is 36.0 Å². The molecule has 2 unspecified atom stereocenters. The Labute approximate surface area is 136 Å². The van der Waals surface area contributed by atoms with E-state index >= 15 is 0 Å². The lowest BCUT2D eigenvalue weighted by atomic mass is 9.49. The van der Waals surface area contributed by atoms with Crippen molar-refractivity contribution in [1.29, 1.82) is 0 Å². The molecular formula is C18H17F3O3. The molecule has 4 atom stereocenters. The van der Waals surface area contributed by atoms with Crippen LogP contribution in [0.1, 0.15) is 47.9 Å². The van der Waals surface area contributed by atoms with Gasteiger partial charge in [-0.3, -0.25) is 0 Å². The number of esters is 1. The van der Waals surface area contributed by atoms with Crippen molar-refractivity contribution >= 4 is 5.97 Å².